The van der Waals surface area contributed by atoms with Gasteiger partial charge in [-0.25, -0.2) is 9.50 Å². The highest BCUT2D eigenvalue weighted by Gasteiger charge is 2.08. The molecule has 0 aliphatic heterocycles. The average molecular weight is 254 g/mol. The number of nitrogens with zero attached hydrogens (tertiary/aromatic N) is 3. The lowest BCUT2D eigenvalue weighted by Crippen LogP contribution is -1.96. The summed E-state index contributed by atoms with van der Waals surface area (Å²) in [4.78, 5) is 4.38. The Balaban J connectivity index is 2.67. The second-order valence-corrected chi connectivity index (χ2v) is 4.50. The van der Waals surface area contributed by atoms with Crippen LogP contribution in [0.3, 0.4) is 0 Å². The van der Waals surface area contributed by atoms with Gasteiger partial charge in [0.15, 0.2) is 5.65 Å². The van der Waals surface area contributed by atoms with Gasteiger partial charge in [-0.3, -0.25) is 0 Å². The average Bonchev–Trinajstić information content (AvgIpc) is 2.42. The van der Waals surface area contributed by atoms with Gasteiger partial charge in [-0.1, -0.05) is 13.8 Å². The summed E-state index contributed by atoms with van der Waals surface area (Å²) in [5.74, 6) is 0.482. The zero-order valence-corrected chi connectivity index (χ0v) is 10.0. The highest BCUT2D eigenvalue weighted by Crippen LogP contribution is 2.21. The summed E-state index contributed by atoms with van der Waals surface area (Å²) in [6, 6.07) is 0. The van der Waals surface area contributed by atoms with Gasteiger partial charge in [0.1, 0.15) is 0 Å². The fourth-order valence-corrected chi connectivity index (χ4v) is 1.69. The first-order valence-corrected chi connectivity index (χ1v) is 5.39. The van der Waals surface area contributed by atoms with Crippen LogP contribution in [0.25, 0.3) is 5.65 Å². The molecule has 0 aliphatic rings. The van der Waals surface area contributed by atoms with Gasteiger partial charge in [0, 0.05) is 12.4 Å². The van der Waals surface area contributed by atoms with E-state index < -0.39 is 0 Å². The molecular formula is C10H12BrN3. The van der Waals surface area contributed by atoms with Crippen LogP contribution >= 0.6 is 15.9 Å². The van der Waals surface area contributed by atoms with E-state index in [0.717, 1.165) is 15.8 Å². The monoisotopic (exact) mass is 253 g/mol. The Morgan fingerprint density at radius 2 is 2.14 bits per heavy atom. The molecule has 0 spiro atoms. The van der Waals surface area contributed by atoms with Crippen molar-refractivity contribution in [1.29, 1.82) is 0 Å². The fraction of sp³-hybridized carbons (Fsp3) is 0.400. The lowest BCUT2D eigenvalue weighted by atomic mass is 10.1. The molecule has 0 bridgehead atoms. The van der Waals surface area contributed by atoms with Crippen LogP contribution < -0.4 is 0 Å². The van der Waals surface area contributed by atoms with E-state index in [9.17, 15) is 0 Å². The standard InChI is InChI=1S/C10H12BrN3/c1-6(2)8-4-12-10-9(11)7(3)13-14(10)5-8/h4-6H,1-3H3. The van der Waals surface area contributed by atoms with Gasteiger partial charge in [-0.15, -0.1) is 0 Å². The molecule has 4 heteroatoms. The SMILES string of the molecule is Cc1nn2cc(C(C)C)cnc2c1Br. The third-order valence-corrected chi connectivity index (χ3v) is 3.19. The van der Waals surface area contributed by atoms with Crippen LogP contribution in [-0.2, 0) is 0 Å². The molecule has 0 saturated carbocycles. The van der Waals surface area contributed by atoms with Crippen LogP contribution in [0.15, 0.2) is 16.9 Å². The molecule has 0 fully saturated rings. The molecule has 2 aromatic rings. The van der Waals surface area contributed by atoms with E-state index >= 15 is 0 Å². The number of halogens is 1. The summed E-state index contributed by atoms with van der Waals surface area (Å²) in [5.41, 5.74) is 3.05. The zero-order valence-electron chi connectivity index (χ0n) is 8.45. The number of hydrogen-bond donors (Lipinski definition) is 0. The lowest BCUT2D eigenvalue weighted by Gasteiger charge is -2.03. The Bertz CT molecular complexity index is 473. The second-order valence-electron chi connectivity index (χ2n) is 3.71. The maximum atomic E-state index is 4.38. The van der Waals surface area contributed by atoms with Crippen molar-refractivity contribution in [3.8, 4) is 0 Å². The summed E-state index contributed by atoms with van der Waals surface area (Å²) in [6.07, 6.45) is 3.94. The quantitative estimate of drug-likeness (QED) is 0.783. The van der Waals surface area contributed by atoms with Crippen LogP contribution in [0.2, 0.25) is 0 Å². The number of aryl methyl sites for hydroxylation is 1. The minimum Gasteiger partial charge on any atom is -0.236 e. The topological polar surface area (TPSA) is 30.2 Å². The maximum Gasteiger partial charge on any atom is 0.169 e. The second kappa shape index (κ2) is 3.35. The summed E-state index contributed by atoms with van der Waals surface area (Å²) < 4.78 is 2.81. The third-order valence-electron chi connectivity index (χ3n) is 2.26. The largest absolute Gasteiger partial charge is 0.236 e. The van der Waals surface area contributed by atoms with Gasteiger partial charge < -0.3 is 0 Å². The van der Waals surface area contributed by atoms with Gasteiger partial charge in [0.05, 0.1) is 10.2 Å². The first-order valence-electron chi connectivity index (χ1n) is 4.60. The predicted molar refractivity (Wildman–Crippen MR) is 59.5 cm³/mol. The third kappa shape index (κ3) is 1.43. The Morgan fingerprint density at radius 3 is 2.79 bits per heavy atom. The van der Waals surface area contributed by atoms with E-state index in [4.69, 9.17) is 0 Å². The molecule has 2 aromatic heterocycles. The molecule has 0 radical (unpaired) electrons. The van der Waals surface area contributed by atoms with Crippen molar-refractivity contribution in [2.24, 2.45) is 0 Å². The number of hydrogen-bond acceptors (Lipinski definition) is 2. The van der Waals surface area contributed by atoms with Crippen LogP contribution in [0.1, 0.15) is 31.0 Å². The van der Waals surface area contributed by atoms with E-state index in [1.807, 2.05) is 23.8 Å². The van der Waals surface area contributed by atoms with Crippen LogP contribution in [-0.4, -0.2) is 14.6 Å². The smallest absolute Gasteiger partial charge is 0.169 e. The molecule has 2 rings (SSSR count). The molecule has 0 amide bonds. The first-order chi connectivity index (χ1) is 6.59. The Kier molecular flexibility index (Phi) is 2.31. The van der Waals surface area contributed by atoms with Gasteiger partial charge in [0.2, 0.25) is 0 Å². The van der Waals surface area contributed by atoms with E-state index in [-0.39, 0.29) is 0 Å². The molecule has 3 nitrogen and oxygen atoms in total. The number of aromatic nitrogens is 3. The molecule has 0 aromatic carbocycles. The van der Waals surface area contributed by atoms with E-state index in [0.29, 0.717) is 5.92 Å². The number of rotatable bonds is 1. The van der Waals surface area contributed by atoms with E-state index in [1.54, 1.807) is 0 Å². The normalized spacial score (nSPS) is 11.5. The molecule has 74 valence electrons. The van der Waals surface area contributed by atoms with Crippen LogP contribution in [0, 0.1) is 6.92 Å². The molecule has 0 N–H and O–H groups in total. The van der Waals surface area contributed by atoms with Crippen molar-refractivity contribution in [3.63, 3.8) is 0 Å². The molecule has 0 aliphatic carbocycles. The number of fused-ring (bicyclic) bond motifs is 1. The van der Waals surface area contributed by atoms with Crippen molar-refractivity contribution >= 4 is 21.6 Å². The minimum absolute atomic E-state index is 0.482. The highest BCUT2D eigenvalue weighted by molar-refractivity contribution is 9.10. The first kappa shape index (κ1) is 9.65. The molecule has 14 heavy (non-hydrogen) atoms. The molecule has 0 atom stereocenters. The maximum absolute atomic E-state index is 4.38. The molecule has 2 heterocycles. The van der Waals surface area contributed by atoms with Gasteiger partial charge in [-0.05, 0) is 34.3 Å². The Morgan fingerprint density at radius 1 is 1.43 bits per heavy atom. The van der Waals surface area contributed by atoms with Crippen molar-refractivity contribution in [1.82, 2.24) is 14.6 Å². The van der Waals surface area contributed by atoms with Crippen molar-refractivity contribution in [3.05, 3.63) is 28.1 Å². The Labute approximate surface area is 91.3 Å². The predicted octanol–water partition coefficient (Wildman–Crippen LogP) is 2.92. The molecule has 0 unspecified atom stereocenters. The van der Waals surface area contributed by atoms with Crippen molar-refractivity contribution in [2.75, 3.05) is 0 Å². The lowest BCUT2D eigenvalue weighted by molar-refractivity contribution is 0.817. The van der Waals surface area contributed by atoms with E-state index in [1.165, 1.54) is 5.56 Å². The van der Waals surface area contributed by atoms with Crippen LogP contribution in [0.4, 0.5) is 0 Å². The minimum atomic E-state index is 0.482. The summed E-state index contributed by atoms with van der Waals surface area (Å²) in [7, 11) is 0. The molecule has 0 saturated heterocycles. The Hall–Kier alpha value is -0.900. The van der Waals surface area contributed by atoms with E-state index in [2.05, 4.69) is 39.9 Å². The highest BCUT2D eigenvalue weighted by atomic mass is 79.9. The van der Waals surface area contributed by atoms with Gasteiger partial charge in [-0.2, -0.15) is 5.10 Å². The van der Waals surface area contributed by atoms with Crippen molar-refractivity contribution < 1.29 is 0 Å². The summed E-state index contributed by atoms with van der Waals surface area (Å²) in [5, 5.41) is 4.36. The summed E-state index contributed by atoms with van der Waals surface area (Å²) in [6.45, 7) is 6.26. The van der Waals surface area contributed by atoms with Crippen LogP contribution in [0.5, 0.6) is 0 Å². The van der Waals surface area contributed by atoms with Gasteiger partial charge in [0.25, 0.3) is 0 Å². The fourth-order valence-electron chi connectivity index (χ4n) is 1.33. The molecular weight excluding hydrogens is 242 g/mol. The summed E-state index contributed by atoms with van der Waals surface area (Å²) >= 11 is 3.47. The van der Waals surface area contributed by atoms with Crippen molar-refractivity contribution in [2.45, 2.75) is 26.7 Å². The zero-order chi connectivity index (χ0) is 10.3. The van der Waals surface area contributed by atoms with Gasteiger partial charge >= 0.3 is 0 Å².